The summed E-state index contributed by atoms with van der Waals surface area (Å²) in [6.07, 6.45) is 4.69. The second kappa shape index (κ2) is 10.7. The third-order valence-corrected chi connectivity index (χ3v) is 6.16. The van der Waals surface area contributed by atoms with E-state index in [1.165, 1.54) is 18.1 Å². The molecule has 0 atom stereocenters. The van der Waals surface area contributed by atoms with Crippen LogP contribution in [0.1, 0.15) is 50.5 Å². The maximum absolute atomic E-state index is 14.0. The summed E-state index contributed by atoms with van der Waals surface area (Å²) in [5, 5.41) is 2.71. The number of amides is 1. The first-order chi connectivity index (χ1) is 14.8. The zero-order valence-corrected chi connectivity index (χ0v) is 21.4. The number of alkyl halides is 2. The Morgan fingerprint density at radius 3 is 2.53 bits per heavy atom. The first-order valence-electron chi connectivity index (χ1n) is 10.7. The molecule has 0 unspecified atom stereocenters. The van der Waals surface area contributed by atoms with E-state index in [4.69, 9.17) is 0 Å². The summed E-state index contributed by atoms with van der Waals surface area (Å²) in [6.45, 7) is 5.24. The van der Waals surface area contributed by atoms with Crippen molar-refractivity contribution in [3.8, 4) is 0 Å². The van der Waals surface area contributed by atoms with E-state index in [9.17, 15) is 22.4 Å². The van der Waals surface area contributed by atoms with Crippen molar-refractivity contribution in [2.45, 2.75) is 56.9 Å². The van der Waals surface area contributed by atoms with Crippen LogP contribution >= 0.6 is 0 Å². The predicted octanol–water partition coefficient (Wildman–Crippen LogP) is 2.21. The van der Waals surface area contributed by atoms with Gasteiger partial charge >= 0.3 is 51.4 Å². The predicted molar refractivity (Wildman–Crippen MR) is 111 cm³/mol. The van der Waals surface area contributed by atoms with Gasteiger partial charge in [0, 0.05) is 24.9 Å². The summed E-state index contributed by atoms with van der Waals surface area (Å²) in [7, 11) is 0. The summed E-state index contributed by atoms with van der Waals surface area (Å²) in [5.74, 6) is -3.17. The fourth-order valence-electron chi connectivity index (χ4n) is 4.70. The Morgan fingerprint density at radius 2 is 1.91 bits per heavy atom. The molecule has 32 heavy (non-hydrogen) atoms. The number of carbonyl (C=O) groups excluding carboxylic acids is 1. The number of nitrogens with zero attached hydrogens (tertiary/aromatic N) is 1. The van der Waals surface area contributed by atoms with Crippen LogP contribution in [0.3, 0.4) is 0 Å². The normalized spacial score (nSPS) is 21.2. The summed E-state index contributed by atoms with van der Waals surface area (Å²) in [6, 6.07) is 2.82. The first-order valence-corrected chi connectivity index (χ1v) is 10.7. The standard InChI is InChI=1S/C24H26F4N2O.K/c1-2-4-15-7-8-30(14-15)22-20(16-9-17(25)11-18(26)10-16)5-3-6-21(22)23(31)29-19-12-24(27,28)13-19;/h6,9-11,19H,1-5,7-8,12-14H2,(H,29,31);/q-2;+1. The van der Waals surface area contributed by atoms with Gasteiger partial charge in [0.05, 0.1) is 11.3 Å². The van der Waals surface area contributed by atoms with Crippen molar-refractivity contribution >= 4 is 11.5 Å². The molecule has 168 valence electrons. The Balaban J connectivity index is 0.00000289. The van der Waals surface area contributed by atoms with E-state index in [0.717, 1.165) is 25.3 Å². The van der Waals surface area contributed by atoms with Gasteiger partial charge < -0.3 is 17.1 Å². The van der Waals surface area contributed by atoms with Crippen molar-refractivity contribution < 1.29 is 73.7 Å². The number of carbonyl (C=O) groups is 1. The van der Waals surface area contributed by atoms with Gasteiger partial charge in [-0.25, -0.2) is 30.4 Å². The van der Waals surface area contributed by atoms with E-state index in [1.54, 1.807) is 6.08 Å². The van der Waals surface area contributed by atoms with Crippen LogP contribution in [-0.4, -0.2) is 35.9 Å². The molecule has 1 saturated carbocycles. The van der Waals surface area contributed by atoms with Crippen molar-refractivity contribution in [1.82, 2.24) is 10.2 Å². The zero-order valence-electron chi connectivity index (χ0n) is 18.3. The van der Waals surface area contributed by atoms with Crippen LogP contribution in [0.25, 0.3) is 5.57 Å². The van der Waals surface area contributed by atoms with Crippen molar-refractivity contribution in [2.75, 3.05) is 13.1 Å². The summed E-state index contributed by atoms with van der Waals surface area (Å²) < 4.78 is 54.3. The van der Waals surface area contributed by atoms with Crippen LogP contribution in [-0.2, 0) is 4.79 Å². The van der Waals surface area contributed by atoms with E-state index in [-0.39, 0.29) is 64.2 Å². The van der Waals surface area contributed by atoms with E-state index in [1.807, 2.05) is 0 Å². The van der Waals surface area contributed by atoms with Gasteiger partial charge in [-0.3, -0.25) is 10.7 Å². The molecule has 3 aliphatic rings. The van der Waals surface area contributed by atoms with Gasteiger partial charge in [0.25, 0.3) is 11.8 Å². The summed E-state index contributed by atoms with van der Waals surface area (Å²) in [4.78, 5) is 15.1. The fraction of sp³-hybridized carbons (Fsp3) is 0.458. The smallest absolute Gasteiger partial charge is 0.403 e. The third kappa shape index (κ3) is 5.87. The Labute approximate surface area is 229 Å². The van der Waals surface area contributed by atoms with Gasteiger partial charge in [-0.15, -0.1) is 6.54 Å². The van der Waals surface area contributed by atoms with E-state index in [2.05, 4.69) is 17.1 Å². The number of likely N-dealkylation sites (tertiary alicyclic amines) is 1. The molecule has 2 fully saturated rings. The molecule has 1 saturated heterocycles. The maximum atomic E-state index is 14.0. The Kier molecular flexibility index (Phi) is 8.69. The molecule has 3 nitrogen and oxygen atoms in total. The van der Waals surface area contributed by atoms with Crippen molar-refractivity contribution in [1.29, 1.82) is 0 Å². The fourth-order valence-corrected chi connectivity index (χ4v) is 4.70. The topological polar surface area (TPSA) is 32.3 Å². The van der Waals surface area contributed by atoms with Gasteiger partial charge in [-0.05, 0) is 42.7 Å². The van der Waals surface area contributed by atoms with Crippen LogP contribution in [0.4, 0.5) is 17.6 Å². The van der Waals surface area contributed by atoms with Gasteiger partial charge in [0.1, 0.15) is 11.6 Å². The summed E-state index contributed by atoms with van der Waals surface area (Å²) in [5.41, 5.74) is 2.17. The molecule has 1 amide bonds. The maximum Gasteiger partial charge on any atom is 1.00 e. The second-order valence-electron chi connectivity index (χ2n) is 8.60. The average molecular weight is 474 g/mol. The number of rotatable bonds is 6. The molecule has 1 aliphatic heterocycles. The van der Waals surface area contributed by atoms with E-state index in [0.29, 0.717) is 48.3 Å². The molecule has 1 heterocycles. The SMILES string of the molecule is [CH2-]CC[C-]1CCN(C2=C(c3cc(F)cc(F)c3)CCC=C2C(=O)NC2CC(F)(F)C2)C1.[K+]. The number of benzene rings is 1. The molecule has 0 radical (unpaired) electrons. The molecule has 0 spiro atoms. The Morgan fingerprint density at radius 1 is 1.22 bits per heavy atom. The number of halogens is 4. The molecule has 8 heteroatoms. The minimum Gasteiger partial charge on any atom is -0.403 e. The van der Waals surface area contributed by atoms with Crippen LogP contribution in [0.2, 0.25) is 0 Å². The number of hydrogen-bond acceptors (Lipinski definition) is 2. The Hall–Kier alpha value is -0.674. The third-order valence-electron chi connectivity index (χ3n) is 6.16. The van der Waals surface area contributed by atoms with Gasteiger partial charge in [0.2, 0.25) is 0 Å². The second-order valence-corrected chi connectivity index (χ2v) is 8.60. The van der Waals surface area contributed by atoms with Crippen LogP contribution in [0.5, 0.6) is 0 Å². The largest absolute Gasteiger partial charge is 1.00 e. The molecular weight excluding hydrogens is 447 g/mol. The molecule has 2 aliphatic carbocycles. The van der Waals surface area contributed by atoms with Crippen LogP contribution < -0.4 is 56.7 Å². The average Bonchev–Trinajstić information content (AvgIpc) is 3.13. The Bertz CT molecular complexity index is 902. The number of nitrogens with one attached hydrogen (secondary N) is 1. The first kappa shape index (κ1) is 25.9. The molecule has 4 rings (SSSR count). The van der Waals surface area contributed by atoms with Crippen molar-refractivity contribution in [2.24, 2.45) is 0 Å². The van der Waals surface area contributed by atoms with E-state index < -0.39 is 29.5 Å². The monoisotopic (exact) mass is 473 g/mol. The number of allylic oxidation sites excluding steroid dienone is 2. The molecule has 0 aromatic heterocycles. The van der Waals surface area contributed by atoms with Gasteiger partial charge in [-0.1, -0.05) is 6.08 Å². The minimum absolute atomic E-state index is 0. The molecule has 1 N–H and O–H groups in total. The number of hydrogen-bond donors (Lipinski definition) is 1. The van der Waals surface area contributed by atoms with Crippen LogP contribution in [0, 0.1) is 24.5 Å². The molecule has 1 aromatic rings. The molecule has 0 bridgehead atoms. The van der Waals surface area contributed by atoms with Gasteiger partial charge in [0.15, 0.2) is 0 Å². The van der Waals surface area contributed by atoms with E-state index >= 15 is 0 Å². The van der Waals surface area contributed by atoms with Crippen molar-refractivity contribution in [3.63, 3.8) is 0 Å². The molecular formula is C24H26F4KN2O-. The quantitative estimate of drug-likeness (QED) is 0.391. The zero-order chi connectivity index (χ0) is 22.2. The summed E-state index contributed by atoms with van der Waals surface area (Å²) >= 11 is 0. The van der Waals surface area contributed by atoms with Gasteiger partial charge in [-0.2, -0.15) is 6.42 Å². The van der Waals surface area contributed by atoms with Crippen LogP contribution in [0.15, 0.2) is 35.5 Å². The minimum atomic E-state index is -2.73. The van der Waals surface area contributed by atoms with Crippen molar-refractivity contribution in [3.05, 3.63) is 65.6 Å². The molecule has 1 aromatic carbocycles.